The second-order valence-corrected chi connectivity index (χ2v) is 5.85. The molecule has 0 saturated carbocycles. The molecule has 2 aliphatic rings. The molecule has 6 heteroatoms. The van der Waals surface area contributed by atoms with Crippen LogP contribution >= 0.6 is 0 Å². The molecular formula is C18H13FN2O3. The van der Waals surface area contributed by atoms with Gasteiger partial charge in [0.05, 0.1) is 17.8 Å². The summed E-state index contributed by atoms with van der Waals surface area (Å²) in [6.07, 6.45) is 0.126. The van der Waals surface area contributed by atoms with Gasteiger partial charge >= 0.3 is 0 Å². The number of nitrogens with zero attached hydrogens (tertiary/aromatic N) is 2. The van der Waals surface area contributed by atoms with Crippen LogP contribution in [0.2, 0.25) is 0 Å². The number of rotatable bonds is 2. The first kappa shape index (κ1) is 14.6. The summed E-state index contributed by atoms with van der Waals surface area (Å²) in [5, 5.41) is 3.98. The van der Waals surface area contributed by atoms with Crippen molar-refractivity contribution in [2.24, 2.45) is 5.16 Å². The van der Waals surface area contributed by atoms with E-state index in [-0.39, 0.29) is 24.6 Å². The fourth-order valence-corrected chi connectivity index (χ4v) is 3.04. The molecule has 1 fully saturated rings. The highest BCUT2D eigenvalue weighted by Crippen LogP contribution is 2.39. The number of anilines is 1. The van der Waals surface area contributed by atoms with E-state index in [9.17, 15) is 14.0 Å². The zero-order valence-electron chi connectivity index (χ0n) is 12.6. The number of para-hydroxylation sites is 1. The Morgan fingerprint density at radius 1 is 1.00 bits per heavy atom. The normalized spacial score (nSPS) is 22.9. The van der Waals surface area contributed by atoms with Crippen molar-refractivity contribution in [3.05, 3.63) is 66.0 Å². The number of carbonyl (C=O) groups excluding carboxylic acids is 2. The Hall–Kier alpha value is -3.02. The van der Waals surface area contributed by atoms with E-state index in [1.807, 2.05) is 6.07 Å². The van der Waals surface area contributed by atoms with E-state index in [1.165, 1.54) is 12.1 Å². The van der Waals surface area contributed by atoms with Crippen LogP contribution in [0, 0.1) is 5.82 Å². The molecule has 2 aromatic carbocycles. The molecule has 1 spiro atoms. The maximum atomic E-state index is 13.0. The summed E-state index contributed by atoms with van der Waals surface area (Å²) in [7, 11) is 0. The van der Waals surface area contributed by atoms with Crippen molar-refractivity contribution >= 4 is 23.2 Å². The maximum Gasteiger partial charge on any atom is 0.281 e. The van der Waals surface area contributed by atoms with Crippen molar-refractivity contribution < 1.29 is 18.8 Å². The average molecular weight is 324 g/mol. The molecule has 0 aromatic heterocycles. The van der Waals surface area contributed by atoms with Gasteiger partial charge in [-0.1, -0.05) is 35.5 Å². The standard InChI is InChI=1S/C18H13FN2O3/c19-13-8-6-12(7-9-13)15-10-18(24-20-15)11-16(22)21(17(18)23)14-4-2-1-3-5-14/h1-9H,10-11H2/t18-/m0/s1. The van der Waals surface area contributed by atoms with Crippen molar-refractivity contribution in [2.75, 3.05) is 4.90 Å². The van der Waals surface area contributed by atoms with Crippen LogP contribution in [0.3, 0.4) is 0 Å². The molecule has 2 aromatic rings. The maximum absolute atomic E-state index is 13.0. The summed E-state index contributed by atoms with van der Waals surface area (Å²) >= 11 is 0. The molecule has 24 heavy (non-hydrogen) atoms. The first-order chi connectivity index (χ1) is 11.6. The first-order valence-electron chi connectivity index (χ1n) is 7.52. The highest BCUT2D eigenvalue weighted by Gasteiger charge is 2.57. The van der Waals surface area contributed by atoms with E-state index in [4.69, 9.17) is 4.84 Å². The number of benzene rings is 2. The second kappa shape index (κ2) is 5.26. The van der Waals surface area contributed by atoms with Gasteiger partial charge in [0, 0.05) is 6.42 Å². The highest BCUT2D eigenvalue weighted by atomic mass is 19.1. The Bertz CT molecular complexity index is 848. The smallest absolute Gasteiger partial charge is 0.281 e. The monoisotopic (exact) mass is 324 g/mol. The molecule has 2 amide bonds. The first-order valence-corrected chi connectivity index (χ1v) is 7.52. The molecule has 120 valence electrons. The van der Waals surface area contributed by atoms with E-state index < -0.39 is 11.5 Å². The number of amides is 2. The Morgan fingerprint density at radius 3 is 2.42 bits per heavy atom. The molecule has 5 nitrogen and oxygen atoms in total. The molecular weight excluding hydrogens is 311 g/mol. The Labute approximate surface area is 137 Å². The predicted octanol–water partition coefficient (Wildman–Crippen LogP) is 2.65. The van der Waals surface area contributed by atoms with E-state index in [0.29, 0.717) is 17.0 Å². The Balaban J connectivity index is 1.61. The van der Waals surface area contributed by atoms with Crippen LogP contribution in [-0.2, 0) is 14.4 Å². The number of carbonyl (C=O) groups is 2. The van der Waals surface area contributed by atoms with Crippen LogP contribution in [-0.4, -0.2) is 23.1 Å². The summed E-state index contributed by atoms with van der Waals surface area (Å²) in [6.45, 7) is 0. The van der Waals surface area contributed by atoms with Crippen molar-refractivity contribution in [3.63, 3.8) is 0 Å². The average Bonchev–Trinajstić information content (AvgIpc) is 3.11. The van der Waals surface area contributed by atoms with Gasteiger partial charge in [-0.05, 0) is 29.8 Å². The lowest BCUT2D eigenvalue weighted by Crippen LogP contribution is -2.40. The quantitative estimate of drug-likeness (QED) is 0.798. The van der Waals surface area contributed by atoms with Crippen LogP contribution in [0.1, 0.15) is 18.4 Å². The third-order valence-electron chi connectivity index (χ3n) is 4.25. The van der Waals surface area contributed by atoms with E-state index >= 15 is 0 Å². The van der Waals surface area contributed by atoms with Gasteiger partial charge in [-0.15, -0.1) is 0 Å². The van der Waals surface area contributed by atoms with Gasteiger partial charge in [0.2, 0.25) is 11.5 Å². The van der Waals surface area contributed by atoms with Crippen molar-refractivity contribution in [1.82, 2.24) is 0 Å². The van der Waals surface area contributed by atoms with Crippen LogP contribution < -0.4 is 4.90 Å². The Kier molecular flexibility index (Phi) is 3.19. The lowest BCUT2D eigenvalue weighted by Gasteiger charge is -2.19. The van der Waals surface area contributed by atoms with Gasteiger partial charge in [0.15, 0.2) is 0 Å². The molecule has 0 aliphatic carbocycles. The van der Waals surface area contributed by atoms with Crippen LogP contribution in [0.25, 0.3) is 0 Å². The minimum Gasteiger partial charge on any atom is -0.378 e. The number of halogens is 1. The summed E-state index contributed by atoms with van der Waals surface area (Å²) in [5.74, 6) is -1.09. The second-order valence-electron chi connectivity index (χ2n) is 5.85. The van der Waals surface area contributed by atoms with Crippen molar-refractivity contribution in [3.8, 4) is 0 Å². The van der Waals surface area contributed by atoms with Gasteiger partial charge < -0.3 is 4.84 Å². The fourth-order valence-electron chi connectivity index (χ4n) is 3.04. The van der Waals surface area contributed by atoms with E-state index in [1.54, 1.807) is 36.4 Å². The topological polar surface area (TPSA) is 59.0 Å². The molecule has 2 aliphatic heterocycles. The van der Waals surface area contributed by atoms with Crippen molar-refractivity contribution in [2.45, 2.75) is 18.4 Å². The molecule has 0 N–H and O–H groups in total. The van der Waals surface area contributed by atoms with Gasteiger partial charge in [0.25, 0.3) is 5.91 Å². The largest absolute Gasteiger partial charge is 0.378 e. The number of hydrogen-bond donors (Lipinski definition) is 0. The van der Waals surface area contributed by atoms with Gasteiger partial charge in [-0.2, -0.15) is 0 Å². The highest BCUT2D eigenvalue weighted by molar-refractivity contribution is 6.25. The molecule has 0 radical (unpaired) electrons. The number of oxime groups is 1. The summed E-state index contributed by atoms with van der Waals surface area (Å²) in [5.41, 5.74) is 0.428. The third-order valence-corrected chi connectivity index (χ3v) is 4.25. The minimum absolute atomic E-state index is 0.0606. The molecule has 1 atom stereocenters. The summed E-state index contributed by atoms with van der Waals surface area (Å²) in [4.78, 5) is 31.7. The molecule has 2 heterocycles. The Morgan fingerprint density at radius 2 is 1.71 bits per heavy atom. The lowest BCUT2D eigenvalue weighted by molar-refractivity contribution is -0.136. The molecule has 4 rings (SSSR count). The van der Waals surface area contributed by atoms with Crippen molar-refractivity contribution in [1.29, 1.82) is 0 Å². The van der Waals surface area contributed by atoms with Crippen LogP contribution in [0.5, 0.6) is 0 Å². The van der Waals surface area contributed by atoms with Gasteiger partial charge in [0.1, 0.15) is 5.82 Å². The zero-order chi connectivity index (χ0) is 16.7. The number of imide groups is 1. The fraction of sp³-hybridized carbons (Fsp3) is 0.167. The SMILES string of the molecule is O=C1C[C@@]2(CC(c3ccc(F)cc3)=NO2)C(=O)N1c1ccccc1. The van der Waals surface area contributed by atoms with E-state index in [0.717, 1.165) is 4.90 Å². The minimum atomic E-state index is -1.29. The van der Waals surface area contributed by atoms with Crippen LogP contribution in [0.15, 0.2) is 59.8 Å². The lowest BCUT2D eigenvalue weighted by atomic mass is 9.92. The molecule has 0 bridgehead atoms. The molecule has 0 unspecified atom stereocenters. The third kappa shape index (κ3) is 2.19. The predicted molar refractivity (Wildman–Crippen MR) is 84.9 cm³/mol. The number of hydrogen-bond acceptors (Lipinski definition) is 4. The summed E-state index contributed by atoms with van der Waals surface area (Å²) in [6, 6.07) is 14.5. The summed E-state index contributed by atoms with van der Waals surface area (Å²) < 4.78 is 13.0. The van der Waals surface area contributed by atoms with Gasteiger partial charge in [-0.3, -0.25) is 9.59 Å². The van der Waals surface area contributed by atoms with Crippen LogP contribution in [0.4, 0.5) is 10.1 Å². The van der Waals surface area contributed by atoms with E-state index in [2.05, 4.69) is 5.16 Å². The zero-order valence-corrected chi connectivity index (χ0v) is 12.6. The van der Waals surface area contributed by atoms with Gasteiger partial charge in [-0.25, -0.2) is 9.29 Å². The molecule has 1 saturated heterocycles.